The average Bonchev–Trinajstić information content (AvgIpc) is 2.58. The highest BCUT2D eigenvalue weighted by Gasteiger charge is 2.35. The molecule has 0 saturated carbocycles. The second-order valence-electron chi connectivity index (χ2n) is 5.09. The minimum Gasteiger partial charge on any atom is -0.396 e. The first-order chi connectivity index (χ1) is 7.47. The van der Waals surface area contributed by atoms with Gasteiger partial charge in [-0.3, -0.25) is 4.79 Å². The first-order valence-corrected chi connectivity index (χ1v) is 6.14. The molecule has 94 valence electrons. The van der Waals surface area contributed by atoms with Crippen LogP contribution in [0.3, 0.4) is 0 Å². The molecule has 0 radical (unpaired) electrons. The van der Waals surface area contributed by atoms with Gasteiger partial charge in [-0.1, -0.05) is 20.8 Å². The van der Waals surface area contributed by atoms with Crippen molar-refractivity contribution in [2.75, 3.05) is 13.2 Å². The van der Waals surface area contributed by atoms with Crippen LogP contribution in [0.25, 0.3) is 0 Å². The second kappa shape index (κ2) is 5.64. The van der Waals surface area contributed by atoms with Crippen molar-refractivity contribution in [2.24, 2.45) is 5.92 Å². The first-order valence-electron chi connectivity index (χ1n) is 6.14. The van der Waals surface area contributed by atoms with Crippen molar-refractivity contribution >= 4 is 5.91 Å². The highest BCUT2D eigenvalue weighted by atomic mass is 16.3. The Balaban J connectivity index is 2.56. The summed E-state index contributed by atoms with van der Waals surface area (Å²) >= 11 is 0. The number of rotatable bonds is 5. The summed E-state index contributed by atoms with van der Waals surface area (Å²) in [5.74, 6) is 0.322. The quantitative estimate of drug-likeness (QED) is 0.724. The van der Waals surface area contributed by atoms with E-state index in [-0.39, 0.29) is 30.5 Å². The van der Waals surface area contributed by atoms with Gasteiger partial charge >= 0.3 is 0 Å². The summed E-state index contributed by atoms with van der Waals surface area (Å²) in [5, 5.41) is 12.4. The van der Waals surface area contributed by atoms with E-state index in [4.69, 9.17) is 5.11 Å². The number of carbonyl (C=O) groups is 1. The fourth-order valence-corrected chi connectivity index (χ4v) is 2.12. The van der Waals surface area contributed by atoms with Crippen molar-refractivity contribution in [3.05, 3.63) is 0 Å². The second-order valence-corrected chi connectivity index (χ2v) is 5.09. The maximum absolute atomic E-state index is 12.1. The van der Waals surface area contributed by atoms with E-state index in [1.165, 1.54) is 0 Å². The van der Waals surface area contributed by atoms with Crippen LogP contribution < -0.4 is 5.32 Å². The van der Waals surface area contributed by atoms with E-state index in [0.29, 0.717) is 6.04 Å². The Kier molecular flexibility index (Phi) is 4.74. The molecule has 3 atom stereocenters. The molecule has 2 N–H and O–H groups in total. The number of nitrogens with one attached hydrogen (secondary N) is 1. The van der Waals surface area contributed by atoms with Gasteiger partial charge in [0.15, 0.2) is 0 Å². The van der Waals surface area contributed by atoms with Gasteiger partial charge in [-0.25, -0.2) is 0 Å². The molecule has 0 bridgehead atoms. The molecule has 1 heterocycles. The van der Waals surface area contributed by atoms with Gasteiger partial charge in [0.1, 0.15) is 0 Å². The first kappa shape index (κ1) is 13.5. The SMILES string of the molecule is CC(C)NC1CCN(C(C)C(C)CO)C1=O. The molecule has 16 heavy (non-hydrogen) atoms. The molecule has 1 saturated heterocycles. The average molecular weight is 228 g/mol. The standard InChI is InChI=1S/C12H24N2O2/c1-8(2)13-11-5-6-14(12(11)16)10(4)9(3)7-15/h8-11,13,15H,5-7H2,1-4H3. The topological polar surface area (TPSA) is 52.6 Å². The van der Waals surface area contributed by atoms with E-state index in [1.807, 2.05) is 18.7 Å². The molecule has 4 nitrogen and oxygen atoms in total. The van der Waals surface area contributed by atoms with Crippen molar-refractivity contribution in [3.63, 3.8) is 0 Å². The minimum atomic E-state index is -0.0339. The van der Waals surface area contributed by atoms with E-state index in [9.17, 15) is 4.79 Å². The van der Waals surface area contributed by atoms with Gasteiger partial charge in [0.2, 0.25) is 5.91 Å². The number of likely N-dealkylation sites (tertiary alicyclic amines) is 1. The third-order valence-corrected chi connectivity index (χ3v) is 3.38. The van der Waals surface area contributed by atoms with Crippen LogP contribution in [0.2, 0.25) is 0 Å². The van der Waals surface area contributed by atoms with Crippen LogP contribution >= 0.6 is 0 Å². The lowest BCUT2D eigenvalue weighted by atomic mass is 10.0. The molecule has 1 fully saturated rings. The molecule has 1 aliphatic rings. The molecule has 0 aromatic rings. The van der Waals surface area contributed by atoms with Crippen molar-refractivity contribution in [2.45, 2.75) is 52.2 Å². The molecule has 1 rings (SSSR count). The van der Waals surface area contributed by atoms with E-state index in [1.54, 1.807) is 0 Å². The van der Waals surface area contributed by atoms with Crippen LogP contribution in [-0.4, -0.2) is 47.2 Å². The zero-order chi connectivity index (χ0) is 12.3. The summed E-state index contributed by atoms with van der Waals surface area (Å²) in [5.41, 5.74) is 0. The molecule has 1 amide bonds. The zero-order valence-electron chi connectivity index (χ0n) is 10.7. The normalized spacial score (nSPS) is 25.2. The van der Waals surface area contributed by atoms with Crippen LogP contribution in [0.1, 0.15) is 34.1 Å². The van der Waals surface area contributed by atoms with Crippen LogP contribution in [-0.2, 0) is 4.79 Å². The summed E-state index contributed by atoms with van der Waals surface area (Å²) in [7, 11) is 0. The van der Waals surface area contributed by atoms with Gasteiger partial charge in [0, 0.05) is 25.2 Å². The Hall–Kier alpha value is -0.610. The number of nitrogens with zero attached hydrogens (tertiary/aromatic N) is 1. The van der Waals surface area contributed by atoms with Crippen LogP contribution in [0.15, 0.2) is 0 Å². The third-order valence-electron chi connectivity index (χ3n) is 3.38. The predicted octanol–water partition coefficient (Wildman–Crippen LogP) is 0.602. The molecule has 0 spiro atoms. The molecule has 0 aromatic carbocycles. The maximum Gasteiger partial charge on any atom is 0.240 e. The number of hydrogen-bond donors (Lipinski definition) is 2. The van der Waals surface area contributed by atoms with Crippen molar-refractivity contribution in [1.29, 1.82) is 0 Å². The highest BCUT2D eigenvalue weighted by Crippen LogP contribution is 2.19. The van der Waals surface area contributed by atoms with Gasteiger partial charge in [-0.05, 0) is 19.3 Å². The van der Waals surface area contributed by atoms with Gasteiger partial charge in [-0.15, -0.1) is 0 Å². The maximum atomic E-state index is 12.1. The van der Waals surface area contributed by atoms with Gasteiger partial charge in [0.05, 0.1) is 6.04 Å². The molecular weight excluding hydrogens is 204 g/mol. The van der Waals surface area contributed by atoms with E-state index in [2.05, 4.69) is 19.2 Å². The molecule has 1 aliphatic heterocycles. The summed E-state index contributed by atoms with van der Waals surface area (Å²) in [6.07, 6.45) is 0.875. The summed E-state index contributed by atoms with van der Waals surface area (Å²) < 4.78 is 0. The van der Waals surface area contributed by atoms with E-state index < -0.39 is 0 Å². The summed E-state index contributed by atoms with van der Waals surface area (Å²) in [4.78, 5) is 14.0. The predicted molar refractivity (Wildman–Crippen MR) is 64.1 cm³/mol. The Bertz CT molecular complexity index is 243. The molecular formula is C12H24N2O2. The largest absolute Gasteiger partial charge is 0.396 e. The number of amides is 1. The Labute approximate surface area is 98.0 Å². The van der Waals surface area contributed by atoms with Gasteiger partial charge < -0.3 is 15.3 Å². The van der Waals surface area contributed by atoms with Crippen LogP contribution in [0.5, 0.6) is 0 Å². The van der Waals surface area contributed by atoms with Crippen molar-refractivity contribution in [1.82, 2.24) is 10.2 Å². The summed E-state index contributed by atoms with van der Waals surface area (Å²) in [6, 6.07) is 0.421. The number of carbonyl (C=O) groups excluding carboxylic acids is 1. The van der Waals surface area contributed by atoms with Crippen molar-refractivity contribution in [3.8, 4) is 0 Å². The van der Waals surface area contributed by atoms with Gasteiger partial charge in [0.25, 0.3) is 0 Å². The summed E-state index contributed by atoms with van der Waals surface area (Å²) in [6.45, 7) is 9.02. The fraction of sp³-hybridized carbons (Fsp3) is 0.917. The fourth-order valence-electron chi connectivity index (χ4n) is 2.12. The molecule has 0 aromatic heterocycles. The van der Waals surface area contributed by atoms with E-state index >= 15 is 0 Å². The minimum absolute atomic E-state index is 0.0339. The van der Waals surface area contributed by atoms with Crippen LogP contribution in [0, 0.1) is 5.92 Å². The molecule has 0 aliphatic carbocycles. The lowest BCUT2D eigenvalue weighted by Crippen LogP contribution is -2.46. The number of aliphatic hydroxyl groups is 1. The smallest absolute Gasteiger partial charge is 0.240 e. The van der Waals surface area contributed by atoms with Gasteiger partial charge in [-0.2, -0.15) is 0 Å². The van der Waals surface area contributed by atoms with Crippen molar-refractivity contribution < 1.29 is 9.90 Å². The Morgan fingerprint density at radius 2 is 2.06 bits per heavy atom. The highest BCUT2D eigenvalue weighted by molar-refractivity contribution is 5.84. The van der Waals surface area contributed by atoms with E-state index in [0.717, 1.165) is 13.0 Å². The number of hydrogen-bond acceptors (Lipinski definition) is 3. The number of aliphatic hydroxyl groups excluding tert-OH is 1. The van der Waals surface area contributed by atoms with Crippen LogP contribution in [0.4, 0.5) is 0 Å². The zero-order valence-corrected chi connectivity index (χ0v) is 10.7. The third kappa shape index (κ3) is 2.95. The Morgan fingerprint density at radius 3 is 2.56 bits per heavy atom. The molecule has 4 heteroatoms. The monoisotopic (exact) mass is 228 g/mol. The Morgan fingerprint density at radius 1 is 1.44 bits per heavy atom. The lowest BCUT2D eigenvalue weighted by Gasteiger charge is -2.29. The molecule has 3 unspecified atom stereocenters. The lowest BCUT2D eigenvalue weighted by molar-refractivity contribution is -0.132.